The lowest BCUT2D eigenvalue weighted by Gasteiger charge is -2.18. The van der Waals surface area contributed by atoms with E-state index in [4.69, 9.17) is 0 Å². The largest absolute Gasteiger partial charge is 0.356 e. The zero-order chi connectivity index (χ0) is 23.5. The van der Waals surface area contributed by atoms with E-state index in [1.807, 2.05) is 54.3 Å². The van der Waals surface area contributed by atoms with Crippen LogP contribution >= 0.6 is 24.0 Å². The fourth-order valence-corrected chi connectivity index (χ4v) is 3.92. The van der Waals surface area contributed by atoms with Gasteiger partial charge in [-0.2, -0.15) is 0 Å². The summed E-state index contributed by atoms with van der Waals surface area (Å²) in [4.78, 5) is 30.4. The van der Waals surface area contributed by atoms with Crippen molar-refractivity contribution in [2.45, 2.75) is 39.2 Å². The van der Waals surface area contributed by atoms with Gasteiger partial charge in [0, 0.05) is 57.7 Å². The number of carbonyl (C=O) groups is 2. The summed E-state index contributed by atoms with van der Waals surface area (Å²) in [5.74, 6) is 1.26. The van der Waals surface area contributed by atoms with Gasteiger partial charge in [0.15, 0.2) is 5.96 Å². The van der Waals surface area contributed by atoms with Crippen molar-refractivity contribution in [3.63, 3.8) is 0 Å². The lowest BCUT2D eigenvalue weighted by Crippen LogP contribution is -2.40. The summed E-state index contributed by atoms with van der Waals surface area (Å²) in [5, 5.41) is 9.56. The normalized spacial score (nSPS) is 15.6. The van der Waals surface area contributed by atoms with Crippen molar-refractivity contribution in [3.8, 4) is 0 Å². The molecule has 0 spiro atoms. The predicted molar refractivity (Wildman–Crippen MR) is 148 cm³/mol. The van der Waals surface area contributed by atoms with Crippen molar-refractivity contribution in [1.82, 2.24) is 15.5 Å². The van der Waals surface area contributed by atoms with Crippen LogP contribution in [0.1, 0.15) is 37.3 Å². The van der Waals surface area contributed by atoms with Crippen molar-refractivity contribution < 1.29 is 9.59 Å². The minimum Gasteiger partial charge on any atom is -0.356 e. The summed E-state index contributed by atoms with van der Waals surface area (Å²) < 4.78 is 0. The molecule has 8 heteroatoms. The molecule has 2 aromatic carbocycles. The van der Waals surface area contributed by atoms with Crippen LogP contribution in [0.5, 0.6) is 0 Å². The maximum atomic E-state index is 12.4. The molecule has 1 fully saturated rings. The van der Waals surface area contributed by atoms with Gasteiger partial charge in [-0.25, -0.2) is 0 Å². The molecule has 1 aliphatic heterocycles. The van der Waals surface area contributed by atoms with Gasteiger partial charge < -0.3 is 20.9 Å². The van der Waals surface area contributed by atoms with Gasteiger partial charge in [0.25, 0.3) is 0 Å². The van der Waals surface area contributed by atoms with E-state index in [2.05, 4.69) is 33.1 Å². The predicted octanol–water partition coefficient (Wildman–Crippen LogP) is 3.80. The Morgan fingerprint density at radius 2 is 1.79 bits per heavy atom. The van der Waals surface area contributed by atoms with Gasteiger partial charge in [-0.3, -0.25) is 14.6 Å². The molecule has 0 aromatic heterocycles. The summed E-state index contributed by atoms with van der Waals surface area (Å²) >= 11 is 0. The minimum absolute atomic E-state index is 0. The molecule has 0 bridgehead atoms. The zero-order valence-corrected chi connectivity index (χ0v) is 22.4. The third-order valence-electron chi connectivity index (χ3n) is 5.76. The number of aliphatic imine (C=N–C) groups is 1. The summed E-state index contributed by atoms with van der Waals surface area (Å²) in [6.45, 7) is 4.86. The number of anilines is 1. The number of nitrogens with one attached hydrogen (secondary N) is 3. The Balaban J connectivity index is 0.00000408. The van der Waals surface area contributed by atoms with E-state index < -0.39 is 0 Å². The van der Waals surface area contributed by atoms with E-state index in [0.29, 0.717) is 31.9 Å². The van der Waals surface area contributed by atoms with Crippen LogP contribution in [-0.4, -0.2) is 49.4 Å². The molecule has 0 saturated carbocycles. The topological polar surface area (TPSA) is 85.8 Å². The zero-order valence-electron chi connectivity index (χ0n) is 20.0. The summed E-state index contributed by atoms with van der Waals surface area (Å²) in [7, 11) is 1.74. The van der Waals surface area contributed by atoms with Crippen molar-refractivity contribution in [3.05, 3.63) is 65.7 Å². The lowest BCUT2D eigenvalue weighted by molar-refractivity contribution is -0.127. The quantitative estimate of drug-likeness (QED) is 0.228. The van der Waals surface area contributed by atoms with Crippen LogP contribution in [0.4, 0.5) is 5.69 Å². The van der Waals surface area contributed by atoms with Crippen LogP contribution in [0, 0.1) is 5.92 Å². The molecule has 2 aromatic rings. The molecule has 184 valence electrons. The molecular formula is C26H36IN5O2. The number of hydrogen-bond acceptors (Lipinski definition) is 3. The second-order valence-electron chi connectivity index (χ2n) is 8.45. The molecule has 1 saturated heterocycles. The standard InChI is InChI=1S/C26H35N5O2.HI/c1-3-7-24(32)30-23-12-10-21(11-13-23)17-28-26(27-2)29-18-22-16-25(33)31(19-22)15-14-20-8-5-4-6-9-20;/h4-6,8-13,22H,3,7,14-19H2,1-2H3,(H,30,32)(H2,27,28,29);1H. The molecule has 1 unspecified atom stereocenters. The molecule has 0 aliphatic carbocycles. The maximum absolute atomic E-state index is 12.4. The highest BCUT2D eigenvalue weighted by Crippen LogP contribution is 2.17. The van der Waals surface area contributed by atoms with Gasteiger partial charge in [0.2, 0.25) is 11.8 Å². The van der Waals surface area contributed by atoms with E-state index in [-0.39, 0.29) is 41.7 Å². The molecular weight excluding hydrogens is 541 g/mol. The Morgan fingerprint density at radius 1 is 1.06 bits per heavy atom. The molecule has 7 nitrogen and oxygen atoms in total. The smallest absolute Gasteiger partial charge is 0.224 e. The van der Waals surface area contributed by atoms with Gasteiger partial charge in [0.05, 0.1) is 0 Å². The number of likely N-dealkylation sites (tertiary alicyclic amines) is 1. The van der Waals surface area contributed by atoms with Crippen molar-refractivity contribution >= 4 is 47.4 Å². The minimum atomic E-state index is 0. The van der Waals surface area contributed by atoms with E-state index in [1.54, 1.807) is 7.05 Å². The second-order valence-corrected chi connectivity index (χ2v) is 8.45. The first-order valence-corrected chi connectivity index (χ1v) is 11.7. The highest BCUT2D eigenvalue weighted by molar-refractivity contribution is 14.0. The van der Waals surface area contributed by atoms with Crippen LogP contribution in [-0.2, 0) is 22.6 Å². The van der Waals surface area contributed by atoms with Gasteiger partial charge in [-0.05, 0) is 36.1 Å². The Labute approximate surface area is 219 Å². The van der Waals surface area contributed by atoms with Crippen LogP contribution in [0.15, 0.2) is 59.6 Å². The fraction of sp³-hybridized carbons (Fsp3) is 0.423. The molecule has 1 heterocycles. The summed E-state index contributed by atoms with van der Waals surface area (Å²) in [5.41, 5.74) is 3.16. The van der Waals surface area contributed by atoms with E-state index in [9.17, 15) is 9.59 Å². The number of halogens is 1. The Morgan fingerprint density at radius 3 is 2.47 bits per heavy atom. The van der Waals surface area contributed by atoms with Crippen LogP contribution < -0.4 is 16.0 Å². The van der Waals surface area contributed by atoms with Crippen molar-refractivity contribution in [2.24, 2.45) is 10.9 Å². The number of benzene rings is 2. The maximum Gasteiger partial charge on any atom is 0.224 e. The molecule has 1 aliphatic rings. The van der Waals surface area contributed by atoms with Gasteiger partial charge in [-0.15, -0.1) is 24.0 Å². The molecule has 3 rings (SSSR count). The molecule has 34 heavy (non-hydrogen) atoms. The second kappa shape index (κ2) is 14.6. The summed E-state index contributed by atoms with van der Waals surface area (Å²) in [6.07, 6.45) is 2.82. The number of amides is 2. The Bertz CT molecular complexity index is 934. The van der Waals surface area contributed by atoms with Crippen LogP contribution in [0.3, 0.4) is 0 Å². The van der Waals surface area contributed by atoms with Gasteiger partial charge in [-0.1, -0.05) is 49.4 Å². The summed E-state index contributed by atoms with van der Waals surface area (Å²) in [6, 6.07) is 18.1. The van der Waals surface area contributed by atoms with Crippen molar-refractivity contribution in [2.75, 3.05) is 32.0 Å². The molecule has 3 N–H and O–H groups in total. The number of carbonyl (C=O) groups excluding carboxylic acids is 2. The third-order valence-corrected chi connectivity index (χ3v) is 5.76. The van der Waals surface area contributed by atoms with E-state index in [0.717, 1.165) is 37.2 Å². The first kappa shape index (κ1) is 27.6. The highest BCUT2D eigenvalue weighted by atomic mass is 127. The van der Waals surface area contributed by atoms with Gasteiger partial charge >= 0.3 is 0 Å². The number of guanidine groups is 1. The molecule has 2 amide bonds. The van der Waals surface area contributed by atoms with Crippen molar-refractivity contribution in [1.29, 1.82) is 0 Å². The van der Waals surface area contributed by atoms with Crippen LogP contribution in [0.25, 0.3) is 0 Å². The van der Waals surface area contributed by atoms with Gasteiger partial charge in [0.1, 0.15) is 0 Å². The SMILES string of the molecule is CCCC(=O)Nc1ccc(CNC(=NC)NCC2CC(=O)N(CCc3ccccc3)C2)cc1.I. The Hall–Kier alpha value is -2.62. The highest BCUT2D eigenvalue weighted by Gasteiger charge is 2.29. The number of rotatable bonds is 10. The third kappa shape index (κ3) is 8.96. The van der Waals surface area contributed by atoms with E-state index in [1.165, 1.54) is 5.56 Å². The molecule has 0 radical (unpaired) electrons. The van der Waals surface area contributed by atoms with E-state index >= 15 is 0 Å². The fourth-order valence-electron chi connectivity index (χ4n) is 3.92. The first-order chi connectivity index (χ1) is 16.1. The average Bonchev–Trinajstić information content (AvgIpc) is 3.19. The lowest BCUT2D eigenvalue weighted by atomic mass is 10.1. The first-order valence-electron chi connectivity index (χ1n) is 11.7. The monoisotopic (exact) mass is 577 g/mol. The molecule has 1 atom stereocenters. The Kier molecular flexibility index (Phi) is 11.9. The number of hydrogen-bond donors (Lipinski definition) is 3. The van der Waals surface area contributed by atoms with Crippen LogP contribution in [0.2, 0.25) is 0 Å². The number of nitrogens with zero attached hydrogens (tertiary/aromatic N) is 2. The average molecular weight is 578 g/mol.